The fraction of sp³-hybridized carbons (Fsp3) is 0.364. The van der Waals surface area contributed by atoms with Crippen molar-refractivity contribution in [2.24, 2.45) is 0 Å². The Morgan fingerprint density at radius 2 is 1.27 bits per heavy atom. The zero-order valence-corrected chi connectivity index (χ0v) is 23.0. The molecule has 0 spiro atoms. The minimum atomic E-state index is -4.02. The molecule has 0 aromatic heterocycles. The van der Waals surface area contributed by atoms with Gasteiger partial charge in [0.1, 0.15) is 0 Å². The second-order valence-corrected chi connectivity index (χ2v) is 10.5. The average Bonchev–Trinajstić information content (AvgIpc) is 2.72. The molecule has 0 saturated heterocycles. The Labute approximate surface area is 212 Å². The highest BCUT2D eigenvalue weighted by Gasteiger charge is 2.12. The van der Waals surface area contributed by atoms with Crippen LogP contribution in [-0.4, -0.2) is 37.4 Å². The molecule has 11 heteroatoms. The normalized spacial score (nSPS) is 10.4. The van der Waals surface area contributed by atoms with E-state index in [2.05, 4.69) is 37.5 Å². The SMILES string of the molecule is CNC(=N)SCc1c(C)cc(C)c(CSC(=N)NC)c1C.Cc1ccc(S(=O)(=O)O)cc1.Cl. The minimum absolute atomic E-state index is 0. The van der Waals surface area contributed by atoms with Gasteiger partial charge in [-0.05, 0) is 67.6 Å². The first-order valence-electron chi connectivity index (χ1n) is 9.81. The van der Waals surface area contributed by atoms with E-state index >= 15 is 0 Å². The van der Waals surface area contributed by atoms with Gasteiger partial charge in [0.2, 0.25) is 0 Å². The molecule has 2 rings (SSSR count). The van der Waals surface area contributed by atoms with Crippen molar-refractivity contribution in [3.05, 3.63) is 63.7 Å². The molecule has 2 aromatic carbocycles. The van der Waals surface area contributed by atoms with Crippen molar-refractivity contribution in [1.82, 2.24) is 10.6 Å². The molecule has 0 amide bonds. The molecule has 0 radical (unpaired) electrons. The monoisotopic (exact) mass is 532 g/mol. The summed E-state index contributed by atoms with van der Waals surface area (Å²) in [5.74, 6) is 1.61. The van der Waals surface area contributed by atoms with Crippen LogP contribution in [-0.2, 0) is 21.6 Å². The fourth-order valence-corrected chi connectivity index (χ4v) is 5.09. The summed E-state index contributed by atoms with van der Waals surface area (Å²) >= 11 is 3.02. The van der Waals surface area contributed by atoms with Gasteiger partial charge in [0.05, 0.1) is 4.90 Å². The number of rotatable bonds is 5. The highest BCUT2D eigenvalue weighted by molar-refractivity contribution is 8.13. The second kappa shape index (κ2) is 14.5. The van der Waals surface area contributed by atoms with Crippen molar-refractivity contribution >= 4 is 56.4 Å². The lowest BCUT2D eigenvalue weighted by molar-refractivity contribution is 0.483. The Kier molecular flexibility index (Phi) is 13.8. The van der Waals surface area contributed by atoms with Gasteiger partial charge in [0, 0.05) is 25.6 Å². The third-order valence-corrected chi connectivity index (χ3v) is 7.50. The van der Waals surface area contributed by atoms with E-state index in [-0.39, 0.29) is 17.3 Å². The molecule has 0 fully saturated rings. The highest BCUT2D eigenvalue weighted by atomic mass is 35.5. The molecule has 5 N–H and O–H groups in total. The lowest BCUT2D eigenvalue weighted by Crippen LogP contribution is -2.14. The van der Waals surface area contributed by atoms with Crippen LogP contribution in [0.15, 0.2) is 35.2 Å². The van der Waals surface area contributed by atoms with Crippen LogP contribution in [0.2, 0.25) is 0 Å². The van der Waals surface area contributed by atoms with Crippen LogP contribution in [0.5, 0.6) is 0 Å². The van der Waals surface area contributed by atoms with Crippen molar-refractivity contribution in [2.75, 3.05) is 14.1 Å². The Hall–Kier alpha value is -1.72. The maximum Gasteiger partial charge on any atom is 0.294 e. The summed E-state index contributed by atoms with van der Waals surface area (Å²) in [5, 5.41) is 22.1. The van der Waals surface area contributed by atoms with Gasteiger partial charge in [-0.25, -0.2) is 0 Å². The topological polar surface area (TPSA) is 126 Å². The molecule has 0 heterocycles. The number of nitrogens with one attached hydrogen (secondary N) is 4. The van der Waals surface area contributed by atoms with Gasteiger partial charge in [-0.3, -0.25) is 15.4 Å². The average molecular weight is 533 g/mol. The van der Waals surface area contributed by atoms with Crippen molar-refractivity contribution in [3.63, 3.8) is 0 Å². The van der Waals surface area contributed by atoms with Gasteiger partial charge in [0.15, 0.2) is 10.3 Å². The number of hydrogen-bond acceptors (Lipinski definition) is 6. The number of benzene rings is 2. The van der Waals surface area contributed by atoms with E-state index in [1.807, 2.05) is 6.92 Å². The van der Waals surface area contributed by atoms with Crippen LogP contribution in [0.25, 0.3) is 0 Å². The van der Waals surface area contributed by atoms with Gasteiger partial charge in [-0.15, -0.1) is 12.4 Å². The first-order chi connectivity index (χ1) is 14.9. The zero-order valence-electron chi connectivity index (χ0n) is 19.7. The van der Waals surface area contributed by atoms with Crippen LogP contribution >= 0.6 is 35.9 Å². The molecule has 0 atom stereocenters. The van der Waals surface area contributed by atoms with Crippen molar-refractivity contribution < 1.29 is 13.0 Å². The summed E-state index contributed by atoms with van der Waals surface area (Å²) in [6.45, 7) is 8.25. The van der Waals surface area contributed by atoms with E-state index < -0.39 is 10.1 Å². The Bertz CT molecular complexity index is 1020. The first kappa shape index (κ1) is 31.3. The van der Waals surface area contributed by atoms with E-state index in [1.165, 1.54) is 63.5 Å². The quantitative estimate of drug-likeness (QED) is 0.207. The molecule has 0 aliphatic carbocycles. The van der Waals surface area contributed by atoms with E-state index in [4.69, 9.17) is 15.4 Å². The fourth-order valence-electron chi connectivity index (χ4n) is 2.86. The summed E-state index contributed by atoms with van der Waals surface area (Å²) in [7, 11) is -0.473. The lowest BCUT2D eigenvalue weighted by Gasteiger charge is -2.17. The van der Waals surface area contributed by atoms with Crippen molar-refractivity contribution in [3.8, 4) is 0 Å². The molecule has 0 saturated carbocycles. The predicted molar refractivity (Wildman–Crippen MR) is 145 cm³/mol. The van der Waals surface area contributed by atoms with Crippen molar-refractivity contribution in [2.45, 2.75) is 44.1 Å². The second-order valence-electron chi connectivity index (χ2n) is 7.12. The molecule has 0 bridgehead atoms. The number of hydrogen-bond donors (Lipinski definition) is 5. The number of halogens is 1. The Morgan fingerprint density at radius 3 is 1.61 bits per heavy atom. The maximum atomic E-state index is 10.5. The molecule has 7 nitrogen and oxygen atoms in total. The Balaban J connectivity index is 0.000000720. The predicted octanol–water partition coefficient (Wildman–Crippen LogP) is 5.05. The minimum Gasteiger partial charge on any atom is -0.368 e. The first-order valence-corrected chi connectivity index (χ1v) is 13.2. The molecule has 0 aliphatic rings. The summed E-state index contributed by atoms with van der Waals surface area (Å²) < 4.78 is 29.6. The van der Waals surface area contributed by atoms with Gasteiger partial charge in [0.25, 0.3) is 10.1 Å². The number of thioether (sulfide) groups is 2. The maximum absolute atomic E-state index is 10.5. The van der Waals surface area contributed by atoms with E-state index in [9.17, 15) is 8.42 Å². The standard InChI is InChI=1S/C15H24N4S2.C7H8O3S.ClH/c1-9-6-10(2)13(8-21-15(17)19-5)11(3)12(9)7-20-14(16)18-4;1-6-2-4-7(5-3-6)11(8,9)10;/h6H,7-8H2,1-5H3,(H2,16,18)(H2,17,19);2-5H,1H3,(H,8,9,10);1H. The van der Waals surface area contributed by atoms with E-state index in [0.29, 0.717) is 10.3 Å². The zero-order chi connectivity index (χ0) is 24.5. The number of aryl methyl sites for hydroxylation is 3. The van der Waals surface area contributed by atoms with E-state index in [0.717, 1.165) is 17.1 Å². The largest absolute Gasteiger partial charge is 0.368 e. The Morgan fingerprint density at radius 1 is 0.879 bits per heavy atom. The van der Waals surface area contributed by atoms with Gasteiger partial charge < -0.3 is 10.6 Å². The van der Waals surface area contributed by atoms with Crippen LogP contribution in [0.3, 0.4) is 0 Å². The van der Waals surface area contributed by atoms with Crippen LogP contribution in [0.1, 0.15) is 33.4 Å². The molecular weight excluding hydrogens is 500 g/mol. The van der Waals surface area contributed by atoms with E-state index in [1.54, 1.807) is 26.2 Å². The van der Waals surface area contributed by atoms with Gasteiger partial charge in [-0.1, -0.05) is 47.3 Å². The summed E-state index contributed by atoms with van der Waals surface area (Å²) in [6.07, 6.45) is 0. The van der Waals surface area contributed by atoms with Crippen LogP contribution < -0.4 is 10.6 Å². The van der Waals surface area contributed by atoms with Gasteiger partial charge >= 0.3 is 0 Å². The summed E-state index contributed by atoms with van der Waals surface area (Å²) in [4.78, 5) is -0.0666. The molecule has 0 unspecified atom stereocenters. The van der Waals surface area contributed by atoms with Gasteiger partial charge in [-0.2, -0.15) is 8.42 Å². The summed E-state index contributed by atoms with van der Waals surface area (Å²) in [6, 6.07) is 8.20. The smallest absolute Gasteiger partial charge is 0.294 e. The molecular formula is C22H33ClN4O3S3. The highest BCUT2D eigenvalue weighted by Crippen LogP contribution is 2.28. The third kappa shape index (κ3) is 10.4. The van der Waals surface area contributed by atoms with Crippen LogP contribution in [0, 0.1) is 38.5 Å². The molecule has 184 valence electrons. The summed E-state index contributed by atoms with van der Waals surface area (Å²) in [5.41, 5.74) is 7.41. The molecule has 0 aliphatic heterocycles. The lowest BCUT2D eigenvalue weighted by atomic mass is 9.95. The van der Waals surface area contributed by atoms with Crippen LogP contribution in [0.4, 0.5) is 0 Å². The third-order valence-electron chi connectivity index (χ3n) is 4.79. The molecule has 33 heavy (non-hydrogen) atoms. The molecule has 2 aromatic rings. The van der Waals surface area contributed by atoms with Crippen molar-refractivity contribution in [1.29, 1.82) is 10.8 Å². The number of amidine groups is 2.